The summed E-state index contributed by atoms with van der Waals surface area (Å²) in [6, 6.07) is 6.33. The standard InChI is InChI=1S/C13H21ClN2/c1-4-6-10-16(11(3)5-2)13-9-7-8-12(14)15-13/h7-9,11H,4-6,10H2,1-3H3. The zero-order chi connectivity index (χ0) is 12.0. The maximum absolute atomic E-state index is 5.93. The Kier molecular flexibility index (Phi) is 5.61. The van der Waals surface area contributed by atoms with Crippen LogP contribution in [0.2, 0.25) is 5.15 Å². The second kappa shape index (κ2) is 6.74. The fourth-order valence-corrected chi connectivity index (χ4v) is 1.83. The van der Waals surface area contributed by atoms with Gasteiger partial charge in [0.2, 0.25) is 0 Å². The molecule has 0 amide bonds. The first-order valence-corrected chi connectivity index (χ1v) is 6.46. The Balaban J connectivity index is 2.82. The second-order valence-electron chi connectivity index (χ2n) is 4.12. The quantitative estimate of drug-likeness (QED) is 0.695. The molecule has 0 spiro atoms. The van der Waals surface area contributed by atoms with Crippen LogP contribution in [0, 0.1) is 0 Å². The summed E-state index contributed by atoms with van der Waals surface area (Å²) in [5.41, 5.74) is 0. The van der Waals surface area contributed by atoms with Crippen molar-refractivity contribution in [3.63, 3.8) is 0 Å². The molecule has 0 aliphatic heterocycles. The van der Waals surface area contributed by atoms with Gasteiger partial charge in [-0.2, -0.15) is 0 Å². The Morgan fingerprint density at radius 1 is 1.38 bits per heavy atom. The molecule has 0 radical (unpaired) electrons. The molecule has 0 fully saturated rings. The Morgan fingerprint density at radius 2 is 2.12 bits per heavy atom. The minimum Gasteiger partial charge on any atom is -0.354 e. The first-order chi connectivity index (χ1) is 7.69. The minimum absolute atomic E-state index is 0.512. The lowest BCUT2D eigenvalue weighted by atomic mass is 10.2. The lowest BCUT2D eigenvalue weighted by Crippen LogP contribution is -2.34. The smallest absolute Gasteiger partial charge is 0.131 e. The molecule has 1 rings (SSSR count). The van der Waals surface area contributed by atoms with E-state index >= 15 is 0 Å². The van der Waals surface area contributed by atoms with E-state index in [4.69, 9.17) is 11.6 Å². The van der Waals surface area contributed by atoms with Gasteiger partial charge in [-0.3, -0.25) is 0 Å². The van der Waals surface area contributed by atoms with Crippen LogP contribution in [0.1, 0.15) is 40.0 Å². The van der Waals surface area contributed by atoms with Crippen molar-refractivity contribution in [2.24, 2.45) is 0 Å². The van der Waals surface area contributed by atoms with Gasteiger partial charge in [-0.1, -0.05) is 37.9 Å². The maximum Gasteiger partial charge on any atom is 0.131 e. The van der Waals surface area contributed by atoms with E-state index in [2.05, 4.69) is 30.7 Å². The maximum atomic E-state index is 5.93. The highest BCUT2D eigenvalue weighted by Crippen LogP contribution is 2.19. The normalized spacial score (nSPS) is 12.5. The lowest BCUT2D eigenvalue weighted by Gasteiger charge is -2.29. The van der Waals surface area contributed by atoms with Crippen LogP contribution in [0.5, 0.6) is 0 Å². The predicted octanol–water partition coefficient (Wildman–Crippen LogP) is 4.14. The van der Waals surface area contributed by atoms with E-state index in [-0.39, 0.29) is 0 Å². The highest BCUT2D eigenvalue weighted by molar-refractivity contribution is 6.29. The molecule has 0 aliphatic rings. The first-order valence-electron chi connectivity index (χ1n) is 6.08. The predicted molar refractivity (Wildman–Crippen MR) is 71.3 cm³/mol. The van der Waals surface area contributed by atoms with Crippen molar-refractivity contribution in [3.8, 4) is 0 Å². The SMILES string of the molecule is CCCCN(c1cccc(Cl)n1)C(C)CC. The molecular formula is C13H21ClN2. The summed E-state index contributed by atoms with van der Waals surface area (Å²) in [5, 5.41) is 0.572. The summed E-state index contributed by atoms with van der Waals surface area (Å²) in [6.45, 7) is 7.70. The number of hydrogen-bond acceptors (Lipinski definition) is 2. The van der Waals surface area contributed by atoms with Crippen molar-refractivity contribution < 1.29 is 0 Å². The molecule has 16 heavy (non-hydrogen) atoms. The molecule has 90 valence electrons. The number of aromatic nitrogens is 1. The molecule has 0 saturated heterocycles. The van der Waals surface area contributed by atoms with Gasteiger partial charge in [-0.05, 0) is 31.9 Å². The summed E-state index contributed by atoms with van der Waals surface area (Å²) in [4.78, 5) is 6.73. The fraction of sp³-hybridized carbons (Fsp3) is 0.615. The zero-order valence-corrected chi connectivity index (χ0v) is 11.2. The molecule has 1 aromatic heterocycles. The molecule has 2 nitrogen and oxygen atoms in total. The number of anilines is 1. The van der Waals surface area contributed by atoms with Gasteiger partial charge in [0.05, 0.1) is 0 Å². The number of halogens is 1. The molecule has 0 N–H and O–H groups in total. The van der Waals surface area contributed by atoms with Gasteiger partial charge in [-0.15, -0.1) is 0 Å². The van der Waals surface area contributed by atoms with Gasteiger partial charge >= 0.3 is 0 Å². The topological polar surface area (TPSA) is 16.1 Å². The van der Waals surface area contributed by atoms with Crippen LogP contribution in [-0.4, -0.2) is 17.6 Å². The monoisotopic (exact) mass is 240 g/mol. The van der Waals surface area contributed by atoms with Gasteiger partial charge in [-0.25, -0.2) is 4.98 Å². The van der Waals surface area contributed by atoms with Crippen LogP contribution in [0.4, 0.5) is 5.82 Å². The van der Waals surface area contributed by atoms with Crippen molar-refractivity contribution in [1.82, 2.24) is 4.98 Å². The van der Waals surface area contributed by atoms with Gasteiger partial charge in [0.15, 0.2) is 0 Å². The third-order valence-corrected chi connectivity index (χ3v) is 3.08. The molecular weight excluding hydrogens is 220 g/mol. The molecule has 1 heterocycles. The highest BCUT2D eigenvalue weighted by atomic mass is 35.5. The zero-order valence-electron chi connectivity index (χ0n) is 10.4. The summed E-state index contributed by atoms with van der Waals surface area (Å²) in [5.74, 6) is 0.996. The van der Waals surface area contributed by atoms with Crippen molar-refractivity contribution in [1.29, 1.82) is 0 Å². The van der Waals surface area contributed by atoms with E-state index in [1.54, 1.807) is 0 Å². The Morgan fingerprint density at radius 3 is 2.69 bits per heavy atom. The fourth-order valence-electron chi connectivity index (χ4n) is 1.67. The van der Waals surface area contributed by atoms with E-state index in [1.165, 1.54) is 12.8 Å². The number of rotatable bonds is 6. The largest absolute Gasteiger partial charge is 0.354 e. The van der Waals surface area contributed by atoms with Gasteiger partial charge < -0.3 is 4.90 Å². The van der Waals surface area contributed by atoms with Gasteiger partial charge in [0.25, 0.3) is 0 Å². The van der Waals surface area contributed by atoms with E-state index in [0.717, 1.165) is 18.8 Å². The van der Waals surface area contributed by atoms with Crippen LogP contribution in [0.3, 0.4) is 0 Å². The van der Waals surface area contributed by atoms with E-state index in [9.17, 15) is 0 Å². The lowest BCUT2D eigenvalue weighted by molar-refractivity contribution is 0.590. The highest BCUT2D eigenvalue weighted by Gasteiger charge is 2.13. The average molecular weight is 241 g/mol. The van der Waals surface area contributed by atoms with Crippen LogP contribution < -0.4 is 4.90 Å². The van der Waals surface area contributed by atoms with Crippen LogP contribution in [-0.2, 0) is 0 Å². The molecule has 1 unspecified atom stereocenters. The van der Waals surface area contributed by atoms with Crippen LogP contribution in [0.25, 0.3) is 0 Å². The van der Waals surface area contributed by atoms with E-state index < -0.39 is 0 Å². The van der Waals surface area contributed by atoms with Crippen molar-refractivity contribution in [2.75, 3.05) is 11.4 Å². The number of nitrogens with zero attached hydrogens (tertiary/aromatic N) is 2. The minimum atomic E-state index is 0.512. The Bertz CT molecular complexity index is 315. The molecule has 0 saturated carbocycles. The van der Waals surface area contributed by atoms with Crippen molar-refractivity contribution in [2.45, 2.75) is 46.1 Å². The number of pyridine rings is 1. The third-order valence-electron chi connectivity index (χ3n) is 2.87. The van der Waals surface area contributed by atoms with Crippen molar-refractivity contribution in [3.05, 3.63) is 23.4 Å². The summed E-state index contributed by atoms with van der Waals surface area (Å²) in [7, 11) is 0. The molecule has 0 aliphatic carbocycles. The summed E-state index contributed by atoms with van der Waals surface area (Å²) >= 11 is 5.93. The third kappa shape index (κ3) is 3.67. The van der Waals surface area contributed by atoms with E-state index in [1.807, 2.05) is 18.2 Å². The Labute approximate surface area is 104 Å². The van der Waals surface area contributed by atoms with Crippen molar-refractivity contribution >= 4 is 17.4 Å². The van der Waals surface area contributed by atoms with Gasteiger partial charge in [0, 0.05) is 12.6 Å². The number of hydrogen-bond donors (Lipinski definition) is 0. The molecule has 0 bridgehead atoms. The first kappa shape index (κ1) is 13.3. The summed E-state index contributed by atoms with van der Waals surface area (Å²) < 4.78 is 0. The molecule has 1 atom stereocenters. The molecule has 1 aromatic rings. The number of unbranched alkanes of at least 4 members (excludes halogenated alkanes) is 1. The second-order valence-corrected chi connectivity index (χ2v) is 4.51. The van der Waals surface area contributed by atoms with Crippen LogP contribution >= 0.6 is 11.6 Å². The van der Waals surface area contributed by atoms with E-state index in [0.29, 0.717) is 11.2 Å². The van der Waals surface area contributed by atoms with Gasteiger partial charge in [0.1, 0.15) is 11.0 Å². The molecule has 0 aromatic carbocycles. The average Bonchev–Trinajstić information content (AvgIpc) is 2.29. The summed E-state index contributed by atoms with van der Waals surface area (Å²) in [6.07, 6.45) is 3.52. The molecule has 3 heteroatoms. The van der Waals surface area contributed by atoms with Crippen LogP contribution in [0.15, 0.2) is 18.2 Å². The Hall–Kier alpha value is -0.760.